The Kier molecular flexibility index (Phi) is 6.82. The fourth-order valence-corrected chi connectivity index (χ4v) is 1.59. The van der Waals surface area contributed by atoms with Gasteiger partial charge in [-0.3, -0.25) is 4.79 Å². The largest absolute Gasteiger partial charge is 0.324 e. The number of benzene rings is 1. The third-order valence-electron chi connectivity index (χ3n) is 2.50. The summed E-state index contributed by atoms with van der Waals surface area (Å²) in [7, 11) is 0. The van der Waals surface area contributed by atoms with Crippen LogP contribution >= 0.6 is 0 Å². The molecule has 0 atom stereocenters. The van der Waals surface area contributed by atoms with Crippen molar-refractivity contribution < 1.29 is 4.79 Å². The van der Waals surface area contributed by atoms with Crippen molar-refractivity contribution in [3.05, 3.63) is 60.2 Å². The first kappa shape index (κ1) is 14.8. The van der Waals surface area contributed by atoms with E-state index in [2.05, 4.69) is 11.8 Å². The van der Waals surface area contributed by atoms with Gasteiger partial charge in [-0.25, -0.2) is 0 Å². The summed E-state index contributed by atoms with van der Waals surface area (Å²) in [6.07, 6.45) is 7.78. The predicted octanol–water partition coefficient (Wildman–Crippen LogP) is 3.17. The van der Waals surface area contributed by atoms with Gasteiger partial charge in [0.2, 0.25) is 0 Å². The summed E-state index contributed by atoms with van der Waals surface area (Å²) in [5.41, 5.74) is 1.10. The normalized spacial score (nSPS) is 10.4. The van der Waals surface area contributed by atoms with E-state index < -0.39 is 0 Å². The summed E-state index contributed by atoms with van der Waals surface area (Å²) < 4.78 is 0. The molecule has 98 valence electrons. The minimum Gasteiger partial charge on any atom is -0.324 e. The smallest absolute Gasteiger partial charge is 0.299 e. The molecule has 0 aliphatic heterocycles. The molecule has 2 heteroatoms. The molecule has 2 nitrogen and oxygen atoms in total. The highest BCUT2D eigenvalue weighted by molar-refractivity contribution is 5.93. The van der Waals surface area contributed by atoms with Crippen LogP contribution in [0.4, 0.5) is 0 Å². The van der Waals surface area contributed by atoms with Gasteiger partial charge in [0, 0.05) is 13.1 Å². The number of hydrogen-bond acceptors (Lipinski definition) is 1. The number of nitrogens with zero attached hydrogens (tertiary/aromatic N) is 1. The van der Waals surface area contributed by atoms with Crippen molar-refractivity contribution in [1.82, 2.24) is 4.90 Å². The van der Waals surface area contributed by atoms with Gasteiger partial charge in [0.25, 0.3) is 5.91 Å². The first-order chi connectivity index (χ1) is 9.27. The van der Waals surface area contributed by atoms with Gasteiger partial charge in [-0.1, -0.05) is 60.6 Å². The number of allylic oxidation sites excluding steroid dienone is 3. The van der Waals surface area contributed by atoms with Crippen LogP contribution in [0.1, 0.15) is 19.4 Å². The molecule has 0 radical (unpaired) electrons. The molecule has 19 heavy (non-hydrogen) atoms. The summed E-state index contributed by atoms with van der Waals surface area (Å²) in [6.45, 7) is 4.77. The predicted molar refractivity (Wildman–Crippen MR) is 79.3 cm³/mol. The van der Waals surface area contributed by atoms with Gasteiger partial charge in [-0.15, -0.1) is 0 Å². The van der Waals surface area contributed by atoms with E-state index in [0.29, 0.717) is 13.1 Å². The van der Waals surface area contributed by atoms with Gasteiger partial charge in [-0.2, -0.15) is 0 Å². The zero-order valence-electron chi connectivity index (χ0n) is 11.5. The Morgan fingerprint density at radius 1 is 1.26 bits per heavy atom. The topological polar surface area (TPSA) is 20.3 Å². The second kappa shape index (κ2) is 8.77. The summed E-state index contributed by atoms with van der Waals surface area (Å²) in [5.74, 6) is 5.11. The lowest BCUT2D eigenvalue weighted by Crippen LogP contribution is -2.29. The summed E-state index contributed by atoms with van der Waals surface area (Å²) >= 11 is 0. The number of amides is 1. The molecule has 0 heterocycles. The molecular formula is C17H19NO. The third-order valence-corrected chi connectivity index (χ3v) is 2.50. The summed E-state index contributed by atoms with van der Waals surface area (Å²) in [5, 5.41) is 0. The molecule has 1 amide bonds. The average molecular weight is 253 g/mol. The number of hydrogen-bond donors (Lipinski definition) is 0. The van der Waals surface area contributed by atoms with E-state index in [9.17, 15) is 4.79 Å². The van der Waals surface area contributed by atoms with Crippen LogP contribution in [0.3, 0.4) is 0 Å². The molecule has 0 aliphatic carbocycles. The molecular weight excluding hydrogens is 234 g/mol. The standard InChI is InChI=1S/C17H19NO/c1-3-5-6-10-14-18(17(19)11-4-2)15-16-12-8-7-9-13-16/h3,5-10,12-13H,14-15H2,1-2H3/b5-3+,10-6+. The highest BCUT2D eigenvalue weighted by atomic mass is 16.2. The lowest BCUT2D eigenvalue weighted by Gasteiger charge is -2.18. The Morgan fingerprint density at radius 3 is 2.63 bits per heavy atom. The second-order valence-electron chi connectivity index (χ2n) is 4.00. The minimum atomic E-state index is -0.142. The molecule has 0 fully saturated rings. The lowest BCUT2D eigenvalue weighted by atomic mass is 10.2. The Labute approximate surface area is 115 Å². The van der Waals surface area contributed by atoms with Crippen LogP contribution in [0.5, 0.6) is 0 Å². The fraction of sp³-hybridized carbons (Fsp3) is 0.235. The van der Waals surface area contributed by atoms with E-state index in [-0.39, 0.29) is 5.91 Å². The fourth-order valence-electron chi connectivity index (χ4n) is 1.59. The van der Waals surface area contributed by atoms with Crippen molar-refractivity contribution in [2.24, 2.45) is 0 Å². The van der Waals surface area contributed by atoms with E-state index in [0.717, 1.165) is 5.56 Å². The van der Waals surface area contributed by atoms with Crippen LogP contribution < -0.4 is 0 Å². The molecule has 0 bridgehead atoms. The maximum Gasteiger partial charge on any atom is 0.299 e. The van der Waals surface area contributed by atoms with E-state index in [1.54, 1.807) is 11.8 Å². The van der Waals surface area contributed by atoms with E-state index in [1.807, 2.05) is 61.6 Å². The van der Waals surface area contributed by atoms with Crippen molar-refractivity contribution in [2.75, 3.05) is 6.54 Å². The Balaban J connectivity index is 2.73. The molecule has 0 unspecified atom stereocenters. The van der Waals surface area contributed by atoms with Crippen LogP contribution in [-0.4, -0.2) is 17.4 Å². The van der Waals surface area contributed by atoms with Crippen LogP contribution in [-0.2, 0) is 11.3 Å². The van der Waals surface area contributed by atoms with Crippen molar-refractivity contribution in [3.8, 4) is 11.8 Å². The van der Waals surface area contributed by atoms with Crippen LogP contribution in [0.2, 0.25) is 0 Å². The van der Waals surface area contributed by atoms with Crippen molar-refractivity contribution in [2.45, 2.75) is 20.4 Å². The van der Waals surface area contributed by atoms with Gasteiger partial charge in [0.1, 0.15) is 0 Å². The van der Waals surface area contributed by atoms with Gasteiger partial charge < -0.3 is 4.90 Å². The van der Waals surface area contributed by atoms with E-state index in [4.69, 9.17) is 0 Å². The quantitative estimate of drug-likeness (QED) is 0.583. The summed E-state index contributed by atoms with van der Waals surface area (Å²) in [6, 6.07) is 9.93. The first-order valence-corrected chi connectivity index (χ1v) is 6.31. The number of carbonyl (C=O) groups excluding carboxylic acids is 1. The SMILES string of the molecule is CC#CC(=O)N(C/C=C/C=C/C)Cc1ccccc1. The highest BCUT2D eigenvalue weighted by Gasteiger charge is 2.09. The van der Waals surface area contributed by atoms with Gasteiger partial charge >= 0.3 is 0 Å². The zero-order valence-corrected chi connectivity index (χ0v) is 11.5. The zero-order chi connectivity index (χ0) is 13.9. The molecule has 1 aromatic carbocycles. The highest BCUT2D eigenvalue weighted by Crippen LogP contribution is 2.04. The Hall–Kier alpha value is -2.27. The number of rotatable bonds is 5. The van der Waals surface area contributed by atoms with Gasteiger partial charge in [0.05, 0.1) is 0 Å². The summed E-state index contributed by atoms with van der Waals surface area (Å²) in [4.78, 5) is 13.6. The van der Waals surface area contributed by atoms with Crippen LogP contribution in [0, 0.1) is 11.8 Å². The average Bonchev–Trinajstić information content (AvgIpc) is 2.43. The maximum atomic E-state index is 11.9. The maximum absolute atomic E-state index is 11.9. The molecule has 0 aromatic heterocycles. The molecule has 0 saturated carbocycles. The van der Waals surface area contributed by atoms with Gasteiger partial charge in [-0.05, 0) is 25.3 Å². The minimum absolute atomic E-state index is 0.142. The van der Waals surface area contributed by atoms with Crippen LogP contribution in [0.15, 0.2) is 54.6 Å². The molecule has 0 spiro atoms. The van der Waals surface area contributed by atoms with Crippen molar-refractivity contribution >= 4 is 5.91 Å². The Morgan fingerprint density at radius 2 is 2.00 bits per heavy atom. The van der Waals surface area contributed by atoms with Crippen LogP contribution in [0.25, 0.3) is 0 Å². The Bertz CT molecular complexity index is 503. The first-order valence-electron chi connectivity index (χ1n) is 6.31. The molecule has 0 N–H and O–H groups in total. The third kappa shape index (κ3) is 5.74. The van der Waals surface area contributed by atoms with Gasteiger partial charge in [0.15, 0.2) is 0 Å². The monoisotopic (exact) mass is 253 g/mol. The lowest BCUT2D eigenvalue weighted by molar-refractivity contribution is -0.125. The number of carbonyl (C=O) groups is 1. The van der Waals surface area contributed by atoms with E-state index >= 15 is 0 Å². The second-order valence-corrected chi connectivity index (χ2v) is 4.00. The molecule has 1 rings (SSSR count). The van der Waals surface area contributed by atoms with Crippen molar-refractivity contribution in [3.63, 3.8) is 0 Å². The molecule has 1 aromatic rings. The van der Waals surface area contributed by atoms with Crippen molar-refractivity contribution in [1.29, 1.82) is 0 Å². The molecule has 0 aliphatic rings. The van der Waals surface area contributed by atoms with E-state index in [1.165, 1.54) is 0 Å². The molecule has 0 saturated heterocycles.